The molecule has 1 aromatic heterocycles. The highest BCUT2D eigenvalue weighted by Crippen LogP contribution is 2.27. The highest BCUT2D eigenvalue weighted by Gasteiger charge is 2.12. The standard InChI is InChI=1S/C14H19N3OS.ClH/c1-18-11-3-4-12-13(9-11)19-14(16-12)10-17-7-2-5-15-6-8-17;/h3-4,9,15H,2,5-8,10H2,1H3;1H. The third-order valence-electron chi connectivity index (χ3n) is 3.43. The number of hydrogen-bond acceptors (Lipinski definition) is 5. The fraction of sp³-hybridized carbons (Fsp3) is 0.500. The first-order chi connectivity index (χ1) is 9.35. The lowest BCUT2D eigenvalue weighted by molar-refractivity contribution is 0.284. The third kappa shape index (κ3) is 3.61. The number of nitrogens with one attached hydrogen (secondary N) is 1. The quantitative estimate of drug-likeness (QED) is 0.945. The zero-order chi connectivity index (χ0) is 13.1. The van der Waals surface area contributed by atoms with Crippen LogP contribution in [0.1, 0.15) is 11.4 Å². The van der Waals surface area contributed by atoms with Crippen LogP contribution in [-0.2, 0) is 6.54 Å². The minimum atomic E-state index is 0. The Morgan fingerprint density at radius 2 is 2.25 bits per heavy atom. The summed E-state index contributed by atoms with van der Waals surface area (Å²) < 4.78 is 6.47. The fourth-order valence-electron chi connectivity index (χ4n) is 2.40. The summed E-state index contributed by atoms with van der Waals surface area (Å²) in [6.45, 7) is 5.45. The summed E-state index contributed by atoms with van der Waals surface area (Å²) in [5.74, 6) is 0.904. The molecule has 110 valence electrons. The summed E-state index contributed by atoms with van der Waals surface area (Å²) in [4.78, 5) is 7.19. The van der Waals surface area contributed by atoms with Gasteiger partial charge >= 0.3 is 0 Å². The van der Waals surface area contributed by atoms with Crippen molar-refractivity contribution in [1.29, 1.82) is 0 Å². The molecule has 0 saturated carbocycles. The van der Waals surface area contributed by atoms with Crippen LogP contribution in [0.25, 0.3) is 10.2 Å². The summed E-state index contributed by atoms with van der Waals surface area (Å²) in [6, 6.07) is 6.08. The number of aromatic nitrogens is 1. The van der Waals surface area contributed by atoms with Crippen LogP contribution in [0.4, 0.5) is 0 Å². The van der Waals surface area contributed by atoms with Gasteiger partial charge in [-0.25, -0.2) is 4.98 Å². The molecule has 2 heterocycles. The van der Waals surface area contributed by atoms with E-state index in [2.05, 4.69) is 16.3 Å². The molecule has 0 atom stereocenters. The van der Waals surface area contributed by atoms with Crippen LogP contribution in [0.15, 0.2) is 18.2 Å². The van der Waals surface area contributed by atoms with E-state index >= 15 is 0 Å². The van der Waals surface area contributed by atoms with E-state index in [1.807, 2.05) is 12.1 Å². The van der Waals surface area contributed by atoms with E-state index in [1.54, 1.807) is 18.4 Å². The Morgan fingerprint density at radius 3 is 3.10 bits per heavy atom. The second-order valence-corrected chi connectivity index (χ2v) is 5.94. The first-order valence-corrected chi connectivity index (χ1v) is 7.53. The van der Waals surface area contributed by atoms with Crippen molar-refractivity contribution >= 4 is 34.0 Å². The molecule has 6 heteroatoms. The van der Waals surface area contributed by atoms with Crippen molar-refractivity contribution in [2.24, 2.45) is 0 Å². The van der Waals surface area contributed by atoms with E-state index < -0.39 is 0 Å². The van der Waals surface area contributed by atoms with Crippen LogP contribution in [0.3, 0.4) is 0 Å². The van der Waals surface area contributed by atoms with Gasteiger partial charge < -0.3 is 10.1 Å². The fourth-order valence-corrected chi connectivity index (χ4v) is 3.44. The molecule has 20 heavy (non-hydrogen) atoms. The van der Waals surface area contributed by atoms with Gasteiger partial charge in [0.05, 0.1) is 23.9 Å². The number of ether oxygens (including phenoxy) is 1. The number of nitrogens with zero attached hydrogens (tertiary/aromatic N) is 2. The zero-order valence-electron chi connectivity index (χ0n) is 11.6. The molecule has 2 aromatic rings. The molecule has 4 nitrogen and oxygen atoms in total. The Labute approximate surface area is 129 Å². The highest BCUT2D eigenvalue weighted by molar-refractivity contribution is 7.18. The first kappa shape index (κ1) is 15.5. The predicted molar refractivity (Wildman–Crippen MR) is 86.2 cm³/mol. The van der Waals surface area contributed by atoms with Gasteiger partial charge in [-0.1, -0.05) is 0 Å². The van der Waals surface area contributed by atoms with Crippen LogP contribution in [0.2, 0.25) is 0 Å². The maximum Gasteiger partial charge on any atom is 0.120 e. The summed E-state index contributed by atoms with van der Waals surface area (Å²) in [5, 5.41) is 4.63. The predicted octanol–water partition coefficient (Wildman–Crippen LogP) is 2.52. The number of hydrogen-bond donors (Lipinski definition) is 1. The van der Waals surface area contributed by atoms with Gasteiger partial charge in [-0.2, -0.15) is 0 Å². The van der Waals surface area contributed by atoms with Crippen LogP contribution in [-0.4, -0.2) is 43.2 Å². The molecule has 1 saturated heterocycles. The Balaban J connectivity index is 0.00000147. The molecule has 1 aliphatic heterocycles. The minimum Gasteiger partial charge on any atom is -0.497 e. The molecule has 1 aliphatic rings. The largest absolute Gasteiger partial charge is 0.497 e. The van der Waals surface area contributed by atoms with Gasteiger partial charge in [0.2, 0.25) is 0 Å². The van der Waals surface area contributed by atoms with Crippen LogP contribution in [0.5, 0.6) is 5.75 Å². The lowest BCUT2D eigenvalue weighted by Gasteiger charge is -2.17. The molecule has 1 N–H and O–H groups in total. The van der Waals surface area contributed by atoms with Gasteiger partial charge in [0.1, 0.15) is 10.8 Å². The molecular formula is C14H20ClN3OS. The summed E-state index contributed by atoms with van der Waals surface area (Å²) in [5.41, 5.74) is 1.08. The summed E-state index contributed by atoms with van der Waals surface area (Å²) in [7, 11) is 1.70. The highest BCUT2D eigenvalue weighted by atomic mass is 35.5. The van der Waals surface area contributed by atoms with E-state index in [0.717, 1.165) is 44.0 Å². The average Bonchev–Trinajstić information content (AvgIpc) is 2.64. The monoisotopic (exact) mass is 313 g/mol. The molecule has 0 aliphatic carbocycles. The van der Waals surface area contributed by atoms with Crippen molar-refractivity contribution in [3.8, 4) is 5.75 Å². The Hall–Kier alpha value is -0.880. The maximum atomic E-state index is 5.26. The number of methoxy groups -OCH3 is 1. The van der Waals surface area contributed by atoms with Gasteiger partial charge in [0, 0.05) is 13.1 Å². The second-order valence-electron chi connectivity index (χ2n) is 4.82. The van der Waals surface area contributed by atoms with Crippen molar-refractivity contribution in [3.05, 3.63) is 23.2 Å². The molecule has 0 amide bonds. The van der Waals surface area contributed by atoms with E-state index in [4.69, 9.17) is 9.72 Å². The third-order valence-corrected chi connectivity index (χ3v) is 4.43. The van der Waals surface area contributed by atoms with E-state index in [0.29, 0.717) is 0 Å². The molecular weight excluding hydrogens is 294 g/mol. The van der Waals surface area contributed by atoms with Crippen molar-refractivity contribution in [3.63, 3.8) is 0 Å². The average molecular weight is 314 g/mol. The minimum absolute atomic E-state index is 0. The first-order valence-electron chi connectivity index (χ1n) is 6.72. The molecule has 0 radical (unpaired) electrons. The molecule has 1 fully saturated rings. The number of fused-ring (bicyclic) bond motifs is 1. The Kier molecular flexibility index (Phi) is 5.60. The van der Waals surface area contributed by atoms with Gasteiger partial charge in [0.15, 0.2) is 0 Å². The van der Waals surface area contributed by atoms with E-state index in [1.165, 1.54) is 16.1 Å². The maximum absolute atomic E-state index is 5.26. The van der Waals surface area contributed by atoms with Gasteiger partial charge in [0.25, 0.3) is 0 Å². The molecule has 0 bridgehead atoms. The van der Waals surface area contributed by atoms with E-state index in [-0.39, 0.29) is 12.4 Å². The second kappa shape index (κ2) is 7.22. The summed E-state index contributed by atoms with van der Waals surface area (Å²) in [6.07, 6.45) is 1.22. The molecule has 1 aromatic carbocycles. The zero-order valence-corrected chi connectivity index (χ0v) is 13.2. The molecule has 0 unspecified atom stereocenters. The van der Waals surface area contributed by atoms with Gasteiger partial charge in [-0.3, -0.25) is 4.90 Å². The van der Waals surface area contributed by atoms with Crippen LogP contribution >= 0.6 is 23.7 Å². The van der Waals surface area contributed by atoms with Crippen molar-refractivity contribution in [2.45, 2.75) is 13.0 Å². The molecule has 3 rings (SSSR count). The topological polar surface area (TPSA) is 37.4 Å². The van der Waals surface area contributed by atoms with Crippen molar-refractivity contribution < 1.29 is 4.74 Å². The Morgan fingerprint density at radius 1 is 1.35 bits per heavy atom. The number of benzene rings is 1. The smallest absolute Gasteiger partial charge is 0.120 e. The van der Waals surface area contributed by atoms with Crippen molar-refractivity contribution in [2.75, 3.05) is 33.3 Å². The van der Waals surface area contributed by atoms with E-state index in [9.17, 15) is 0 Å². The lowest BCUT2D eigenvalue weighted by atomic mass is 10.3. The molecule has 0 spiro atoms. The Bertz CT molecular complexity index is 552. The summed E-state index contributed by atoms with van der Waals surface area (Å²) >= 11 is 1.77. The normalized spacial score (nSPS) is 16.6. The van der Waals surface area contributed by atoms with Crippen LogP contribution in [0, 0.1) is 0 Å². The van der Waals surface area contributed by atoms with Gasteiger partial charge in [-0.05, 0) is 37.7 Å². The number of halogens is 1. The van der Waals surface area contributed by atoms with Gasteiger partial charge in [-0.15, -0.1) is 23.7 Å². The number of rotatable bonds is 3. The SMILES string of the molecule is COc1ccc2nc(CN3CCCNCC3)sc2c1.Cl. The van der Waals surface area contributed by atoms with Crippen LogP contribution < -0.4 is 10.1 Å². The van der Waals surface area contributed by atoms with Crippen molar-refractivity contribution in [1.82, 2.24) is 15.2 Å². The number of thiazole rings is 1. The lowest BCUT2D eigenvalue weighted by Crippen LogP contribution is -2.27.